The van der Waals surface area contributed by atoms with Gasteiger partial charge in [-0.3, -0.25) is 30.3 Å². The second kappa shape index (κ2) is 4.61. The zero-order chi connectivity index (χ0) is 16.8. The zero-order valence-corrected chi connectivity index (χ0v) is 12.4. The summed E-state index contributed by atoms with van der Waals surface area (Å²) in [5.74, 6) is 0. The van der Waals surface area contributed by atoms with E-state index < -0.39 is 42.5 Å². The van der Waals surface area contributed by atoms with Crippen LogP contribution in [0.2, 0.25) is 0 Å². The highest BCUT2D eigenvalue weighted by molar-refractivity contribution is 5.34. The first-order chi connectivity index (χ1) is 9.29. The Morgan fingerprint density at radius 1 is 1.00 bits per heavy atom. The Morgan fingerprint density at radius 2 is 1.48 bits per heavy atom. The van der Waals surface area contributed by atoms with Crippen molar-refractivity contribution in [2.75, 3.05) is 0 Å². The molecule has 1 aliphatic rings. The van der Waals surface area contributed by atoms with Crippen LogP contribution in [0.25, 0.3) is 0 Å². The molecule has 0 N–H and O–H groups in total. The molecule has 9 nitrogen and oxygen atoms in total. The Hall–Kier alpha value is -2.32. The normalized spacial score (nSPS) is 29.4. The average Bonchev–Trinajstić information content (AvgIpc) is 2.29. The number of hydrogen-bond acceptors (Lipinski definition) is 6. The summed E-state index contributed by atoms with van der Waals surface area (Å²) in [5, 5.41) is 33.9. The third-order valence-electron chi connectivity index (χ3n) is 4.52. The Bertz CT molecular complexity index is 588. The van der Waals surface area contributed by atoms with Crippen molar-refractivity contribution in [3.63, 3.8) is 0 Å². The summed E-state index contributed by atoms with van der Waals surface area (Å²) in [7, 11) is 0. The summed E-state index contributed by atoms with van der Waals surface area (Å²) >= 11 is 0. The van der Waals surface area contributed by atoms with Gasteiger partial charge in [0.2, 0.25) is 0 Å². The molecule has 9 heteroatoms. The van der Waals surface area contributed by atoms with Gasteiger partial charge >= 0.3 is 0 Å². The highest BCUT2D eigenvalue weighted by Crippen LogP contribution is 2.56. The predicted octanol–water partition coefficient (Wildman–Crippen LogP) is 2.41. The Labute approximate surface area is 120 Å². The van der Waals surface area contributed by atoms with Crippen LogP contribution in [0.15, 0.2) is 23.5 Å². The van der Waals surface area contributed by atoms with Crippen molar-refractivity contribution in [2.45, 2.75) is 40.2 Å². The lowest BCUT2D eigenvalue weighted by Crippen LogP contribution is -2.59. The molecule has 1 rings (SSSR count). The number of nitrogens with zero attached hydrogens (tertiary/aromatic N) is 3. The molecule has 0 aromatic heterocycles. The third kappa shape index (κ3) is 2.18. The van der Waals surface area contributed by atoms with E-state index in [2.05, 4.69) is 0 Å². The number of allylic oxidation sites excluding steroid dienone is 1. The quantitative estimate of drug-likeness (QED) is 0.581. The van der Waals surface area contributed by atoms with Crippen LogP contribution in [0.5, 0.6) is 0 Å². The van der Waals surface area contributed by atoms with Crippen molar-refractivity contribution in [3.05, 3.63) is 53.9 Å². The molecule has 0 aliphatic heterocycles. The van der Waals surface area contributed by atoms with Crippen LogP contribution in [-0.4, -0.2) is 20.3 Å². The Balaban J connectivity index is 3.83. The molecule has 0 saturated carbocycles. The lowest BCUT2D eigenvalue weighted by Gasteiger charge is -2.45. The van der Waals surface area contributed by atoms with E-state index >= 15 is 0 Å². The van der Waals surface area contributed by atoms with Gasteiger partial charge < -0.3 is 0 Å². The first kappa shape index (κ1) is 16.7. The second-order valence-corrected chi connectivity index (χ2v) is 6.39. The minimum absolute atomic E-state index is 0.525. The van der Waals surface area contributed by atoms with Gasteiger partial charge in [-0.1, -0.05) is 20.8 Å². The Morgan fingerprint density at radius 3 is 1.76 bits per heavy atom. The van der Waals surface area contributed by atoms with E-state index in [4.69, 9.17) is 0 Å². The number of nitro groups is 3. The van der Waals surface area contributed by atoms with Crippen LogP contribution in [0, 0.1) is 41.2 Å². The fraction of sp³-hybridized carbons (Fsp3) is 0.667. The number of hydrogen-bond donors (Lipinski definition) is 0. The van der Waals surface area contributed by atoms with Crippen molar-refractivity contribution in [3.8, 4) is 0 Å². The van der Waals surface area contributed by atoms with Crippen LogP contribution in [-0.2, 0) is 0 Å². The van der Waals surface area contributed by atoms with Gasteiger partial charge in [-0.2, -0.15) is 0 Å². The van der Waals surface area contributed by atoms with Crippen molar-refractivity contribution < 1.29 is 14.8 Å². The first-order valence-electron chi connectivity index (χ1n) is 6.17. The molecule has 2 unspecified atom stereocenters. The maximum Gasteiger partial charge on any atom is 0.279 e. The minimum atomic E-state index is -1.97. The molecule has 0 amide bonds. The number of rotatable bonds is 3. The van der Waals surface area contributed by atoms with Crippen molar-refractivity contribution in [1.29, 1.82) is 0 Å². The van der Waals surface area contributed by atoms with E-state index in [1.54, 1.807) is 20.8 Å². The molecule has 0 fully saturated rings. The molecular weight excluding hydrogens is 282 g/mol. The molecule has 0 bridgehead atoms. The van der Waals surface area contributed by atoms with E-state index in [1.165, 1.54) is 13.8 Å². The maximum absolute atomic E-state index is 11.6. The predicted molar refractivity (Wildman–Crippen MR) is 73.1 cm³/mol. The molecule has 0 heterocycles. The average molecular weight is 299 g/mol. The van der Waals surface area contributed by atoms with E-state index in [1.807, 2.05) is 0 Å². The van der Waals surface area contributed by atoms with Gasteiger partial charge in [0.1, 0.15) is 5.41 Å². The fourth-order valence-electron chi connectivity index (χ4n) is 2.74. The molecule has 21 heavy (non-hydrogen) atoms. The molecule has 0 radical (unpaired) electrons. The highest BCUT2D eigenvalue weighted by Gasteiger charge is 2.68. The molecule has 1 aliphatic carbocycles. The van der Waals surface area contributed by atoms with Gasteiger partial charge in [0, 0.05) is 11.8 Å². The second-order valence-electron chi connectivity index (χ2n) is 6.39. The fourth-order valence-corrected chi connectivity index (χ4v) is 2.74. The van der Waals surface area contributed by atoms with Crippen molar-refractivity contribution in [2.24, 2.45) is 10.8 Å². The Kier molecular flexibility index (Phi) is 3.67. The van der Waals surface area contributed by atoms with Crippen molar-refractivity contribution >= 4 is 0 Å². The first-order valence-corrected chi connectivity index (χ1v) is 6.17. The maximum atomic E-state index is 11.6. The largest absolute Gasteiger partial charge is 0.279 e. The summed E-state index contributed by atoms with van der Waals surface area (Å²) in [6.07, 6.45) is 1.71. The monoisotopic (exact) mass is 299 g/mol. The molecular formula is C12H17N3O6. The van der Waals surface area contributed by atoms with E-state index in [0.717, 1.165) is 12.2 Å². The summed E-state index contributed by atoms with van der Waals surface area (Å²) in [6.45, 7) is 7.49. The van der Waals surface area contributed by atoms with Crippen LogP contribution >= 0.6 is 0 Å². The molecule has 0 aromatic carbocycles. The van der Waals surface area contributed by atoms with Gasteiger partial charge in [0.25, 0.3) is 16.9 Å². The van der Waals surface area contributed by atoms with Gasteiger partial charge in [0.15, 0.2) is 0 Å². The topological polar surface area (TPSA) is 129 Å². The minimum Gasteiger partial charge on any atom is -0.264 e. The summed E-state index contributed by atoms with van der Waals surface area (Å²) in [6, 6.07) is 0. The molecule has 0 aromatic rings. The summed E-state index contributed by atoms with van der Waals surface area (Å²) in [4.78, 5) is 31.5. The van der Waals surface area contributed by atoms with Crippen LogP contribution in [0.4, 0.5) is 0 Å². The molecule has 0 spiro atoms. The zero-order valence-electron chi connectivity index (χ0n) is 12.4. The standard InChI is InChI=1S/C12H17N3O6/c1-10(2,3)12(5)9(14(18)19)6-8(13(16)17)7-11(12,4)15(20)21/h6-7H,1-5H3. The van der Waals surface area contributed by atoms with Gasteiger partial charge in [-0.25, -0.2) is 0 Å². The van der Waals surface area contributed by atoms with E-state index in [-0.39, 0.29) is 0 Å². The molecule has 0 saturated heterocycles. The highest BCUT2D eigenvalue weighted by atomic mass is 16.6. The van der Waals surface area contributed by atoms with Crippen molar-refractivity contribution in [1.82, 2.24) is 0 Å². The molecule has 116 valence electrons. The smallest absolute Gasteiger partial charge is 0.264 e. The summed E-state index contributed by atoms with van der Waals surface area (Å²) in [5.41, 5.74) is -5.52. The van der Waals surface area contributed by atoms with Gasteiger partial charge in [-0.05, 0) is 12.3 Å². The van der Waals surface area contributed by atoms with Gasteiger partial charge in [-0.15, -0.1) is 0 Å². The summed E-state index contributed by atoms with van der Waals surface area (Å²) < 4.78 is 0. The third-order valence-corrected chi connectivity index (χ3v) is 4.52. The lowest BCUT2D eigenvalue weighted by molar-refractivity contribution is -0.589. The SMILES string of the molecule is CC(C)(C)C1(C)C([N+](=O)[O-])=CC([N+](=O)[O-])=CC1(C)[N+](=O)[O-]. The van der Waals surface area contributed by atoms with Gasteiger partial charge in [0.05, 0.1) is 22.0 Å². The van der Waals surface area contributed by atoms with E-state index in [9.17, 15) is 30.3 Å². The molecule has 2 atom stereocenters. The van der Waals surface area contributed by atoms with Crippen LogP contribution < -0.4 is 0 Å². The van der Waals surface area contributed by atoms with Crippen LogP contribution in [0.1, 0.15) is 34.6 Å². The van der Waals surface area contributed by atoms with E-state index in [0.29, 0.717) is 0 Å². The van der Waals surface area contributed by atoms with Crippen LogP contribution in [0.3, 0.4) is 0 Å². The lowest BCUT2D eigenvalue weighted by atomic mass is 9.54.